The van der Waals surface area contributed by atoms with Gasteiger partial charge in [0.1, 0.15) is 30.2 Å². The molecule has 10 heteroatoms. The second-order valence-electron chi connectivity index (χ2n) is 5.62. The number of benzene rings is 1. The van der Waals surface area contributed by atoms with Crippen molar-refractivity contribution in [2.24, 2.45) is 0 Å². The fourth-order valence-corrected chi connectivity index (χ4v) is 4.22. The van der Waals surface area contributed by atoms with Crippen molar-refractivity contribution < 1.29 is 18.8 Å². The molecule has 0 N–H and O–H groups in total. The van der Waals surface area contributed by atoms with Gasteiger partial charge >= 0.3 is 4.34 Å². The van der Waals surface area contributed by atoms with Gasteiger partial charge in [0.15, 0.2) is 10.3 Å². The summed E-state index contributed by atoms with van der Waals surface area (Å²) in [5.41, 5.74) is 0.684. The summed E-state index contributed by atoms with van der Waals surface area (Å²) in [6.45, 7) is 0.391. The maximum atomic E-state index is 13.0. The highest BCUT2D eigenvalue weighted by Gasteiger charge is 2.20. The molecular weight excluding hydrogens is 390 g/mol. The molecule has 0 saturated heterocycles. The first-order valence-electron chi connectivity index (χ1n) is 7.92. The van der Waals surface area contributed by atoms with Crippen molar-refractivity contribution in [3.63, 3.8) is 0 Å². The van der Waals surface area contributed by atoms with Crippen LogP contribution in [0.3, 0.4) is 0 Å². The highest BCUT2D eigenvalue weighted by atomic mass is 32.2. The first-order chi connectivity index (χ1) is 13.0. The summed E-state index contributed by atoms with van der Waals surface area (Å²) < 4.78 is 29.4. The second kappa shape index (κ2) is 8.26. The molecule has 0 saturated carbocycles. The van der Waals surface area contributed by atoms with E-state index < -0.39 is 11.2 Å². The van der Waals surface area contributed by atoms with Crippen LogP contribution in [0.4, 0.5) is 0 Å². The van der Waals surface area contributed by atoms with Gasteiger partial charge in [0, 0.05) is 29.9 Å². The highest BCUT2D eigenvalue weighted by molar-refractivity contribution is 7.92. The summed E-state index contributed by atoms with van der Waals surface area (Å²) in [4.78, 5) is 22.2. The van der Waals surface area contributed by atoms with Crippen LogP contribution in [0.5, 0.6) is 11.5 Å². The summed E-state index contributed by atoms with van der Waals surface area (Å²) in [7, 11) is 4.67. The van der Waals surface area contributed by atoms with Gasteiger partial charge in [-0.2, -0.15) is 4.98 Å². The molecule has 0 bridgehead atoms. The lowest BCUT2D eigenvalue weighted by atomic mass is 10.2. The molecule has 3 rings (SSSR count). The van der Waals surface area contributed by atoms with Crippen molar-refractivity contribution in [1.29, 1.82) is 0 Å². The topological polar surface area (TPSA) is 98.5 Å². The summed E-state index contributed by atoms with van der Waals surface area (Å²) in [5, 5.41) is 0. The average molecular weight is 409 g/mol. The van der Waals surface area contributed by atoms with Crippen LogP contribution >= 0.6 is 11.3 Å². The quantitative estimate of drug-likeness (QED) is 0.549. The van der Waals surface area contributed by atoms with E-state index in [0.717, 1.165) is 16.9 Å². The van der Waals surface area contributed by atoms with E-state index in [1.807, 2.05) is 6.07 Å². The van der Waals surface area contributed by atoms with Crippen molar-refractivity contribution in [2.75, 3.05) is 27.6 Å². The van der Waals surface area contributed by atoms with Gasteiger partial charge in [-0.15, -0.1) is 0 Å². The number of thiazole rings is 1. The monoisotopic (exact) mass is 409 g/mol. The molecule has 0 fully saturated rings. The van der Waals surface area contributed by atoms with Gasteiger partial charge in [0.25, 0.3) is 5.56 Å². The van der Waals surface area contributed by atoms with Gasteiger partial charge in [0.05, 0.1) is 20.8 Å². The molecule has 2 heterocycles. The van der Waals surface area contributed by atoms with Gasteiger partial charge in [-0.3, -0.25) is 9.36 Å². The van der Waals surface area contributed by atoms with E-state index in [2.05, 4.69) is 9.97 Å². The van der Waals surface area contributed by atoms with Crippen LogP contribution in [0, 0.1) is 0 Å². The zero-order valence-electron chi connectivity index (χ0n) is 15.3. The minimum atomic E-state index is -1.28. The standard InChI is InChI=1S/C17H19N3O5S2/c1-23-9-13-18-15-14(19-17(26-15)27(4)22)16(21)20(13)8-10-5-6-11(24-2)7-12(10)25-3/h5-7H,8-9H2,1-4H3. The Morgan fingerprint density at radius 2 is 2.00 bits per heavy atom. The smallest absolute Gasteiger partial charge is 0.304 e. The molecule has 0 aliphatic rings. The molecule has 0 radical (unpaired) electrons. The van der Waals surface area contributed by atoms with E-state index in [1.54, 1.807) is 26.4 Å². The molecule has 2 aromatic heterocycles. The van der Waals surface area contributed by atoms with E-state index in [1.165, 1.54) is 17.9 Å². The van der Waals surface area contributed by atoms with Crippen molar-refractivity contribution in [3.8, 4) is 11.5 Å². The highest BCUT2D eigenvalue weighted by Crippen LogP contribution is 2.26. The summed E-state index contributed by atoms with van der Waals surface area (Å²) in [5.74, 6) is 1.71. The predicted octanol–water partition coefficient (Wildman–Crippen LogP) is 1.80. The van der Waals surface area contributed by atoms with Crippen LogP contribution in [0.25, 0.3) is 10.3 Å². The molecule has 1 atom stereocenters. The molecule has 0 amide bonds. The molecule has 3 aromatic rings. The zero-order chi connectivity index (χ0) is 19.6. The van der Waals surface area contributed by atoms with Crippen molar-refractivity contribution >= 4 is 32.9 Å². The van der Waals surface area contributed by atoms with Gasteiger partial charge in [0.2, 0.25) is 0 Å². The largest absolute Gasteiger partial charge is 0.610 e. The Kier molecular flexibility index (Phi) is 6.00. The SMILES string of the molecule is COCc1nc2sc([S+](C)[O-])nc2c(=O)n1Cc1ccc(OC)cc1OC. The Morgan fingerprint density at radius 3 is 2.63 bits per heavy atom. The molecule has 27 heavy (non-hydrogen) atoms. The van der Waals surface area contributed by atoms with Gasteiger partial charge in [-0.25, -0.2) is 4.98 Å². The van der Waals surface area contributed by atoms with Gasteiger partial charge < -0.3 is 18.8 Å². The Bertz CT molecular complexity index is 1020. The third-order valence-corrected chi connectivity index (χ3v) is 6.20. The van der Waals surface area contributed by atoms with Crippen LogP contribution in [0.15, 0.2) is 27.3 Å². The van der Waals surface area contributed by atoms with E-state index in [9.17, 15) is 9.35 Å². The second-order valence-corrected chi connectivity index (χ2v) is 8.15. The van der Waals surface area contributed by atoms with E-state index in [0.29, 0.717) is 26.5 Å². The zero-order valence-corrected chi connectivity index (χ0v) is 17.0. The van der Waals surface area contributed by atoms with Crippen LogP contribution in [0.1, 0.15) is 11.4 Å². The Labute approximate surface area is 162 Å². The van der Waals surface area contributed by atoms with Crippen molar-refractivity contribution in [2.45, 2.75) is 17.5 Å². The maximum Gasteiger partial charge on any atom is 0.304 e. The Balaban J connectivity index is 2.13. The number of hydrogen-bond donors (Lipinski definition) is 0. The minimum absolute atomic E-state index is 0.159. The first kappa shape index (κ1) is 19.6. The van der Waals surface area contributed by atoms with E-state index >= 15 is 0 Å². The van der Waals surface area contributed by atoms with Crippen molar-refractivity contribution in [1.82, 2.24) is 14.5 Å². The first-order valence-corrected chi connectivity index (χ1v) is 10.3. The fourth-order valence-electron chi connectivity index (χ4n) is 2.61. The number of aromatic nitrogens is 3. The van der Waals surface area contributed by atoms with Crippen LogP contribution in [0.2, 0.25) is 0 Å². The number of fused-ring (bicyclic) bond motifs is 1. The number of methoxy groups -OCH3 is 3. The molecule has 8 nitrogen and oxygen atoms in total. The molecule has 0 spiro atoms. The third-order valence-electron chi connectivity index (χ3n) is 3.92. The lowest BCUT2D eigenvalue weighted by molar-refractivity contribution is 0.173. The van der Waals surface area contributed by atoms with Crippen molar-refractivity contribution in [3.05, 3.63) is 39.9 Å². The molecule has 1 unspecified atom stereocenters. The molecule has 144 valence electrons. The lowest BCUT2D eigenvalue weighted by Crippen LogP contribution is -2.26. The normalized spacial score (nSPS) is 12.3. The van der Waals surface area contributed by atoms with Crippen LogP contribution in [-0.2, 0) is 29.1 Å². The molecule has 1 aromatic carbocycles. The Morgan fingerprint density at radius 1 is 1.22 bits per heavy atom. The minimum Gasteiger partial charge on any atom is -0.610 e. The van der Waals surface area contributed by atoms with Crippen LogP contribution in [-0.4, -0.2) is 46.7 Å². The summed E-state index contributed by atoms with van der Waals surface area (Å²) in [6, 6.07) is 5.38. The Hall–Kier alpha value is -2.14. The predicted molar refractivity (Wildman–Crippen MR) is 103 cm³/mol. The maximum absolute atomic E-state index is 13.0. The van der Waals surface area contributed by atoms with E-state index in [4.69, 9.17) is 14.2 Å². The lowest BCUT2D eigenvalue weighted by Gasteiger charge is -2.14. The van der Waals surface area contributed by atoms with E-state index in [-0.39, 0.29) is 24.2 Å². The third kappa shape index (κ3) is 3.93. The molecular formula is C17H19N3O5S2. The summed E-state index contributed by atoms with van der Waals surface area (Å²) >= 11 is -0.125. The van der Waals surface area contributed by atoms with Gasteiger partial charge in [-0.1, -0.05) is 0 Å². The average Bonchev–Trinajstić information content (AvgIpc) is 3.10. The fraction of sp³-hybridized carbons (Fsp3) is 0.353. The number of ether oxygens (including phenoxy) is 3. The molecule has 0 aliphatic carbocycles. The summed E-state index contributed by atoms with van der Waals surface area (Å²) in [6.07, 6.45) is 1.52. The number of nitrogens with zero attached hydrogens (tertiary/aromatic N) is 3. The molecule has 0 aliphatic heterocycles. The number of rotatable bonds is 7. The van der Waals surface area contributed by atoms with Gasteiger partial charge in [-0.05, 0) is 23.5 Å². The van der Waals surface area contributed by atoms with Crippen LogP contribution < -0.4 is 15.0 Å². The number of hydrogen-bond acceptors (Lipinski definition) is 8.